The number of likely N-dealkylation sites (tertiary alicyclic amines) is 1. The number of rotatable bonds is 4. The van der Waals surface area contributed by atoms with Gasteiger partial charge >= 0.3 is 5.97 Å². The third kappa shape index (κ3) is 3.00. The fourth-order valence-electron chi connectivity index (χ4n) is 1.61. The maximum atomic E-state index is 11.0. The molecule has 0 bridgehead atoms. The van der Waals surface area contributed by atoms with Crippen LogP contribution in [0.3, 0.4) is 0 Å². The summed E-state index contributed by atoms with van der Waals surface area (Å²) in [6.45, 7) is 8.98. The molecule has 1 aliphatic heterocycles. The Morgan fingerprint density at radius 2 is 1.93 bits per heavy atom. The Bertz CT molecular complexity index is 219. The Balaban J connectivity index is 2.46. The van der Waals surface area contributed by atoms with Crippen LogP contribution in [0.2, 0.25) is 0 Å². The summed E-state index contributed by atoms with van der Waals surface area (Å²) in [5.74, 6) is -0.388. The number of esters is 1. The third-order valence-corrected chi connectivity index (χ3v) is 2.36. The number of ether oxygens (including phenoxy) is 1. The van der Waals surface area contributed by atoms with E-state index in [-0.39, 0.29) is 12.2 Å². The first-order chi connectivity index (χ1) is 6.77. The van der Waals surface area contributed by atoms with E-state index in [0.717, 1.165) is 25.9 Å². The van der Waals surface area contributed by atoms with Gasteiger partial charge in [-0.25, -0.2) is 4.79 Å². The Morgan fingerprint density at radius 3 is 2.43 bits per heavy atom. The van der Waals surface area contributed by atoms with Crippen LogP contribution in [0.1, 0.15) is 19.3 Å². The lowest BCUT2D eigenvalue weighted by molar-refractivity contribution is -0.149. The minimum absolute atomic E-state index is 0.291. The zero-order chi connectivity index (χ0) is 10.4. The largest absolute Gasteiger partial charge is 0.440 e. The zero-order valence-electron chi connectivity index (χ0n) is 8.45. The van der Waals surface area contributed by atoms with Gasteiger partial charge in [-0.15, -0.1) is 0 Å². The average Bonchev–Trinajstić information content (AvgIpc) is 2.26. The molecule has 0 aromatic heterocycles. The second kappa shape index (κ2) is 5.60. The zero-order valence-corrected chi connectivity index (χ0v) is 8.45. The molecular formula is C11H17NO2. The first-order valence-corrected chi connectivity index (χ1v) is 4.97. The molecule has 0 aromatic carbocycles. The predicted molar refractivity (Wildman–Crippen MR) is 55.7 cm³/mol. The van der Waals surface area contributed by atoms with E-state index in [0.29, 0.717) is 0 Å². The minimum Gasteiger partial charge on any atom is -0.440 e. The molecule has 0 spiro atoms. The van der Waals surface area contributed by atoms with Gasteiger partial charge in [-0.2, -0.15) is 0 Å². The van der Waals surface area contributed by atoms with Crippen molar-refractivity contribution < 1.29 is 9.53 Å². The van der Waals surface area contributed by atoms with Crippen molar-refractivity contribution in [1.82, 2.24) is 4.90 Å². The quantitative estimate of drug-likeness (QED) is 0.388. The number of piperidine rings is 1. The monoisotopic (exact) mass is 195 g/mol. The van der Waals surface area contributed by atoms with Crippen molar-refractivity contribution in [2.45, 2.75) is 25.5 Å². The lowest BCUT2D eigenvalue weighted by Crippen LogP contribution is -2.40. The molecule has 3 nitrogen and oxygen atoms in total. The van der Waals surface area contributed by atoms with Crippen LogP contribution >= 0.6 is 0 Å². The molecule has 1 unspecified atom stereocenters. The molecule has 0 radical (unpaired) electrons. The van der Waals surface area contributed by atoms with Gasteiger partial charge < -0.3 is 4.74 Å². The summed E-state index contributed by atoms with van der Waals surface area (Å²) in [4.78, 5) is 13.1. The number of carbonyl (C=O) groups excluding carboxylic acids is 1. The summed E-state index contributed by atoms with van der Waals surface area (Å²) in [6, 6.07) is 0. The number of carbonyl (C=O) groups is 1. The van der Waals surface area contributed by atoms with Crippen LogP contribution in [0, 0.1) is 0 Å². The average molecular weight is 195 g/mol. The SMILES string of the molecule is C=CC(=O)OC(C=C)N1CCCCC1. The van der Waals surface area contributed by atoms with Gasteiger partial charge in [0, 0.05) is 19.2 Å². The highest BCUT2D eigenvalue weighted by Crippen LogP contribution is 2.13. The van der Waals surface area contributed by atoms with Gasteiger partial charge in [-0.1, -0.05) is 19.6 Å². The van der Waals surface area contributed by atoms with Crippen molar-refractivity contribution >= 4 is 5.97 Å². The summed E-state index contributed by atoms with van der Waals surface area (Å²) in [6.07, 6.45) is 6.13. The number of hydrogen-bond donors (Lipinski definition) is 0. The van der Waals surface area contributed by atoms with E-state index >= 15 is 0 Å². The Morgan fingerprint density at radius 1 is 1.29 bits per heavy atom. The molecule has 14 heavy (non-hydrogen) atoms. The first-order valence-electron chi connectivity index (χ1n) is 4.97. The molecule has 0 aliphatic carbocycles. The standard InChI is InChI=1S/C11H17NO2/c1-3-10(14-11(13)4-2)12-8-6-5-7-9-12/h3-4,10H,1-2,5-9H2. The Labute approximate surface area is 85.0 Å². The van der Waals surface area contributed by atoms with Gasteiger partial charge in [0.1, 0.15) is 0 Å². The first kappa shape index (κ1) is 11.0. The molecule has 0 aromatic rings. The van der Waals surface area contributed by atoms with Gasteiger partial charge in [0.25, 0.3) is 0 Å². The molecule has 0 amide bonds. The second-order valence-electron chi connectivity index (χ2n) is 3.36. The Kier molecular flexibility index (Phi) is 4.40. The third-order valence-electron chi connectivity index (χ3n) is 2.36. The summed E-state index contributed by atoms with van der Waals surface area (Å²) in [5, 5.41) is 0. The van der Waals surface area contributed by atoms with Gasteiger partial charge in [-0.3, -0.25) is 4.90 Å². The molecule has 1 saturated heterocycles. The van der Waals surface area contributed by atoms with Crippen LogP contribution in [0.5, 0.6) is 0 Å². The molecule has 3 heteroatoms. The van der Waals surface area contributed by atoms with Crippen LogP contribution in [0.4, 0.5) is 0 Å². The van der Waals surface area contributed by atoms with Gasteiger partial charge in [0.05, 0.1) is 0 Å². The lowest BCUT2D eigenvalue weighted by Gasteiger charge is -2.31. The van der Waals surface area contributed by atoms with E-state index in [9.17, 15) is 4.79 Å². The van der Waals surface area contributed by atoms with Crippen molar-refractivity contribution in [3.05, 3.63) is 25.3 Å². The maximum Gasteiger partial charge on any atom is 0.331 e. The van der Waals surface area contributed by atoms with Crippen LogP contribution in [0.25, 0.3) is 0 Å². The van der Waals surface area contributed by atoms with Crippen molar-refractivity contribution in [3.63, 3.8) is 0 Å². The summed E-state index contributed by atoms with van der Waals surface area (Å²) in [5.41, 5.74) is 0. The van der Waals surface area contributed by atoms with E-state index in [1.54, 1.807) is 6.08 Å². The summed E-state index contributed by atoms with van der Waals surface area (Å²) >= 11 is 0. The molecule has 1 fully saturated rings. The van der Waals surface area contributed by atoms with E-state index in [1.807, 2.05) is 0 Å². The van der Waals surface area contributed by atoms with Crippen LogP contribution < -0.4 is 0 Å². The van der Waals surface area contributed by atoms with Crippen LogP contribution in [-0.4, -0.2) is 30.2 Å². The van der Waals surface area contributed by atoms with Crippen molar-refractivity contribution in [3.8, 4) is 0 Å². The topological polar surface area (TPSA) is 29.5 Å². The van der Waals surface area contributed by atoms with Gasteiger partial charge in [0.15, 0.2) is 6.23 Å². The normalized spacial score (nSPS) is 19.7. The molecule has 1 rings (SSSR count). The van der Waals surface area contributed by atoms with E-state index < -0.39 is 0 Å². The predicted octanol–water partition coefficient (Wildman–Crippen LogP) is 1.71. The lowest BCUT2D eigenvalue weighted by atomic mass is 10.1. The summed E-state index contributed by atoms with van der Waals surface area (Å²) in [7, 11) is 0. The maximum absolute atomic E-state index is 11.0. The summed E-state index contributed by atoms with van der Waals surface area (Å²) < 4.78 is 5.14. The van der Waals surface area contributed by atoms with Crippen molar-refractivity contribution in [2.24, 2.45) is 0 Å². The minimum atomic E-state index is -0.388. The fraction of sp³-hybridized carbons (Fsp3) is 0.545. The smallest absolute Gasteiger partial charge is 0.331 e. The molecular weight excluding hydrogens is 178 g/mol. The molecule has 78 valence electrons. The molecule has 1 heterocycles. The fourth-order valence-corrected chi connectivity index (χ4v) is 1.61. The number of hydrogen-bond acceptors (Lipinski definition) is 3. The van der Waals surface area contributed by atoms with E-state index in [4.69, 9.17) is 4.74 Å². The molecule has 0 N–H and O–H groups in total. The van der Waals surface area contributed by atoms with Crippen LogP contribution in [0.15, 0.2) is 25.3 Å². The van der Waals surface area contributed by atoms with Gasteiger partial charge in [0.2, 0.25) is 0 Å². The molecule has 1 aliphatic rings. The Hall–Kier alpha value is -1.09. The van der Waals surface area contributed by atoms with E-state index in [2.05, 4.69) is 18.1 Å². The van der Waals surface area contributed by atoms with Crippen molar-refractivity contribution in [2.75, 3.05) is 13.1 Å². The van der Waals surface area contributed by atoms with Crippen molar-refractivity contribution in [1.29, 1.82) is 0 Å². The highest BCUT2D eigenvalue weighted by atomic mass is 16.6. The highest BCUT2D eigenvalue weighted by Gasteiger charge is 2.20. The molecule has 0 saturated carbocycles. The second-order valence-corrected chi connectivity index (χ2v) is 3.36. The van der Waals surface area contributed by atoms with Crippen LogP contribution in [-0.2, 0) is 9.53 Å². The number of nitrogens with zero attached hydrogens (tertiary/aromatic N) is 1. The highest BCUT2D eigenvalue weighted by molar-refractivity contribution is 5.81. The van der Waals surface area contributed by atoms with E-state index in [1.165, 1.54) is 12.5 Å². The van der Waals surface area contributed by atoms with Gasteiger partial charge in [-0.05, 0) is 18.9 Å². The molecule has 1 atom stereocenters.